The largest absolute Gasteiger partial charge is 0.352 e. The van der Waals surface area contributed by atoms with Crippen LogP contribution in [-0.4, -0.2) is 35.3 Å². The van der Waals surface area contributed by atoms with Gasteiger partial charge in [0.15, 0.2) is 0 Å². The molecule has 2 aromatic carbocycles. The van der Waals surface area contributed by atoms with Crippen LogP contribution in [0.5, 0.6) is 0 Å². The normalized spacial score (nSPS) is 26.3. The first kappa shape index (κ1) is 23.7. The summed E-state index contributed by atoms with van der Waals surface area (Å²) in [5.41, 5.74) is 1.53. The van der Waals surface area contributed by atoms with Crippen LogP contribution in [0.3, 0.4) is 0 Å². The van der Waals surface area contributed by atoms with Gasteiger partial charge in [0.2, 0.25) is 11.8 Å². The van der Waals surface area contributed by atoms with E-state index < -0.39 is 5.54 Å². The van der Waals surface area contributed by atoms with E-state index in [1.165, 1.54) is 0 Å². The van der Waals surface area contributed by atoms with E-state index in [1.807, 2.05) is 36.4 Å². The van der Waals surface area contributed by atoms with E-state index >= 15 is 0 Å². The molecule has 5 rings (SSSR count). The fourth-order valence-electron chi connectivity index (χ4n) is 5.85. The predicted molar refractivity (Wildman–Crippen MR) is 136 cm³/mol. The fraction of sp³-hybridized carbons (Fsp3) is 0.481. The first-order valence-electron chi connectivity index (χ1n) is 12.3. The lowest BCUT2D eigenvalue weighted by atomic mass is 9.81. The number of nitrogens with zero attached hydrogens (tertiary/aromatic N) is 1. The molecule has 0 radical (unpaired) electrons. The molecule has 2 unspecified atom stereocenters. The highest BCUT2D eigenvalue weighted by Gasteiger charge is 2.54. The van der Waals surface area contributed by atoms with Crippen molar-refractivity contribution < 1.29 is 9.59 Å². The van der Waals surface area contributed by atoms with Crippen molar-refractivity contribution in [1.82, 2.24) is 10.2 Å². The summed E-state index contributed by atoms with van der Waals surface area (Å²) in [6, 6.07) is 13.6. The zero-order chi connectivity index (χ0) is 23.9. The maximum absolute atomic E-state index is 13.9. The maximum Gasteiger partial charge on any atom is 0.249 e. The molecule has 7 heteroatoms. The third-order valence-corrected chi connectivity index (χ3v) is 8.25. The smallest absolute Gasteiger partial charge is 0.249 e. The Morgan fingerprint density at radius 3 is 2.59 bits per heavy atom. The van der Waals surface area contributed by atoms with E-state index in [9.17, 15) is 9.59 Å². The number of carbonyl (C=O) groups excluding carboxylic acids is 2. The maximum atomic E-state index is 13.9. The van der Waals surface area contributed by atoms with Crippen molar-refractivity contribution in [3.63, 3.8) is 0 Å². The van der Waals surface area contributed by atoms with Gasteiger partial charge >= 0.3 is 0 Å². The standard InChI is InChI=1S/C27H31Cl2N3O2/c1-17-8-10-22(12-17)32(16-25(33)30-21-6-3-7-21)27(15-18-4-2-5-19(28)13-18)23-11-9-20(29)14-24(23)31-26(27)34/h2,4-5,9,11,13-14,17,21-22H,3,6-8,10,12,15-16H2,1H3,(H,30,33)(H,31,34)/t17?,22-,27?/m1/s1. The molecular formula is C27H31Cl2N3O2. The number of carbonyl (C=O) groups is 2. The van der Waals surface area contributed by atoms with E-state index in [4.69, 9.17) is 23.2 Å². The van der Waals surface area contributed by atoms with Crippen LogP contribution in [0.15, 0.2) is 42.5 Å². The number of benzene rings is 2. The van der Waals surface area contributed by atoms with Gasteiger partial charge in [-0.15, -0.1) is 0 Å². The molecule has 0 aromatic heterocycles. The number of nitrogens with one attached hydrogen (secondary N) is 2. The third kappa shape index (κ3) is 4.46. The molecule has 2 aromatic rings. The number of amides is 2. The molecule has 0 bridgehead atoms. The van der Waals surface area contributed by atoms with Crippen molar-refractivity contribution in [2.75, 3.05) is 11.9 Å². The lowest BCUT2D eigenvalue weighted by Crippen LogP contribution is -2.59. The number of halogens is 2. The molecule has 2 saturated carbocycles. The van der Waals surface area contributed by atoms with Crippen LogP contribution >= 0.6 is 23.2 Å². The number of hydrogen-bond acceptors (Lipinski definition) is 3. The minimum atomic E-state index is -1.02. The second-order valence-corrected chi connectivity index (χ2v) is 11.1. The molecule has 1 aliphatic heterocycles. The molecule has 2 amide bonds. The molecule has 0 saturated heterocycles. The van der Waals surface area contributed by atoms with E-state index in [2.05, 4.69) is 22.5 Å². The lowest BCUT2D eigenvalue weighted by molar-refractivity contribution is -0.134. The molecule has 0 spiro atoms. The van der Waals surface area contributed by atoms with Crippen molar-refractivity contribution in [2.24, 2.45) is 5.92 Å². The molecule has 2 aliphatic carbocycles. The molecule has 180 valence electrons. The van der Waals surface area contributed by atoms with Crippen molar-refractivity contribution in [1.29, 1.82) is 0 Å². The van der Waals surface area contributed by atoms with Crippen LogP contribution in [0.1, 0.15) is 56.6 Å². The summed E-state index contributed by atoms with van der Waals surface area (Å²) in [6.45, 7) is 2.43. The van der Waals surface area contributed by atoms with Crippen LogP contribution in [0, 0.1) is 5.92 Å². The van der Waals surface area contributed by atoms with E-state index in [0.29, 0.717) is 22.4 Å². The zero-order valence-electron chi connectivity index (χ0n) is 19.4. The Labute approximate surface area is 211 Å². The van der Waals surface area contributed by atoms with Crippen LogP contribution < -0.4 is 10.6 Å². The van der Waals surface area contributed by atoms with Gasteiger partial charge < -0.3 is 10.6 Å². The summed E-state index contributed by atoms with van der Waals surface area (Å²) in [4.78, 5) is 29.4. The number of rotatable bonds is 7. The van der Waals surface area contributed by atoms with E-state index in [-0.39, 0.29) is 30.4 Å². The van der Waals surface area contributed by atoms with Crippen LogP contribution in [0.2, 0.25) is 10.0 Å². The van der Waals surface area contributed by atoms with Crippen LogP contribution in [0.4, 0.5) is 5.69 Å². The van der Waals surface area contributed by atoms with Gasteiger partial charge in [0.1, 0.15) is 5.54 Å². The Bertz CT molecular complexity index is 1100. The van der Waals surface area contributed by atoms with Gasteiger partial charge in [-0.05, 0) is 74.3 Å². The summed E-state index contributed by atoms with van der Waals surface area (Å²) >= 11 is 12.6. The van der Waals surface area contributed by atoms with Gasteiger partial charge in [-0.2, -0.15) is 0 Å². The molecule has 34 heavy (non-hydrogen) atoms. The summed E-state index contributed by atoms with van der Waals surface area (Å²) in [5.74, 6) is 0.435. The Morgan fingerprint density at radius 1 is 1.12 bits per heavy atom. The van der Waals surface area contributed by atoms with Crippen molar-refractivity contribution in [3.8, 4) is 0 Å². The Hall–Kier alpha value is -2.08. The molecule has 3 atom stereocenters. The van der Waals surface area contributed by atoms with Crippen molar-refractivity contribution in [3.05, 3.63) is 63.6 Å². The Morgan fingerprint density at radius 2 is 1.91 bits per heavy atom. The first-order valence-corrected chi connectivity index (χ1v) is 13.0. The molecule has 2 fully saturated rings. The summed E-state index contributed by atoms with van der Waals surface area (Å²) in [7, 11) is 0. The lowest BCUT2D eigenvalue weighted by Gasteiger charge is -2.44. The fourth-order valence-corrected chi connectivity index (χ4v) is 6.23. The van der Waals surface area contributed by atoms with Gasteiger partial charge in [-0.3, -0.25) is 14.5 Å². The third-order valence-electron chi connectivity index (χ3n) is 7.78. The second-order valence-electron chi connectivity index (χ2n) is 10.2. The quantitative estimate of drug-likeness (QED) is 0.525. The SMILES string of the molecule is CC1CC[C@@H](N(CC(=O)NC2CCC2)C2(Cc3cccc(Cl)c3)C(=O)Nc3cc(Cl)ccc32)C1. The number of hydrogen-bond donors (Lipinski definition) is 2. The topological polar surface area (TPSA) is 61.4 Å². The van der Waals surface area contributed by atoms with E-state index in [0.717, 1.165) is 55.3 Å². The molecule has 1 heterocycles. The predicted octanol–water partition coefficient (Wildman–Crippen LogP) is 5.54. The minimum Gasteiger partial charge on any atom is -0.352 e. The highest BCUT2D eigenvalue weighted by molar-refractivity contribution is 6.31. The van der Waals surface area contributed by atoms with Crippen LogP contribution in [0.25, 0.3) is 0 Å². The highest BCUT2D eigenvalue weighted by atomic mass is 35.5. The average molecular weight is 500 g/mol. The Kier molecular flexibility index (Phi) is 6.62. The summed E-state index contributed by atoms with van der Waals surface area (Å²) < 4.78 is 0. The van der Waals surface area contributed by atoms with Crippen molar-refractivity contribution in [2.45, 2.75) is 69.5 Å². The second kappa shape index (κ2) is 9.52. The van der Waals surface area contributed by atoms with Gasteiger partial charge in [0.05, 0.1) is 6.54 Å². The van der Waals surface area contributed by atoms with Crippen LogP contribution in [-0.2, 0) is 21.5 Å². The van der Waals surface area contributed by atoms with Crippen molar-refractivity contribution >= 4 is 40.7 Å². The minimum absolute atomic E-state index is 0.00932. The highest BCUT2D eigenvalue weighted by Crippen LogP contribution is 2.47. The summed E-state index contributed by atoms with van der Waals surface area (Å²) in [5, 5.41) is 7.48. The monoisotopic (exact) mass is 499 g/mol. The summed E-state index contributed by atoms with van der Waals surface area (Å²) in [6.07, 6.45) is 6.66. The van der Waals surface area contributed by atoms with Gasteiger partial charge in [-0.1, -0.05) is 48.3 Å². The van der Waals surface area contributed by atoms with Gasteiger partial charge in [-0.25, -0.2) is 0 Å². The number of anilines is 1. The van der Waals surface area contributed by atoms with Gasteiger partial charge in [0.25, 0.3) is 0 Å². The number of fused-ring (bicyclic) bond motifs is 1. The molecular weight excluding hydrogens is 469 g/mol. The Balaban J connectivity index is 1.60. The molecule has 3 aliphatic rings. The average Bonchev–Trinajstić information content (AvgIpc) is 3.30. The van der Waals surface area contributed by atoms with Gasteiger partial charge in [0, 0.05) is 39.8 Å². The van der Waals surface area contributed by atoms with E-state index in [1.54, 1.807) is 6.07 Å². The first-order chi connectivity index (χ1) is 16.3. The molecule has 2 N–H and O–H groups in total. The molecule has 5 nitrogen and oxygen atoms in total. The zero-order valence-corrected chi connectivity index (χ0v) is 21.0.